The molecule has 1 amide bonds. The number of hydrogen-bond acceptors (Lipinski definition) is 3. The number of thiophene rings is 1. The van der Waals surface area contributed by atoms with Crippen molar-refractivity contribution in [1.29, 1.82) is 0 Å². The summed E-state index contributed by atoms with van der Waals surface area (Å²) in [7, 11) is 0. The molecule has 0 aliphatic rings. The largest absolute Gasteiger partial charge is 0.481 e. The number of aryl methyl sites for hydroxylation is 1. The first-order valence-electron chi connectivity index (χ1n) is 6.30. The Bertz CT molecular complexity index is 668. The van der Waals surface area contributed by atoms with Crippen LogP contribution >= 0.6 is 22.9 Å². The van der Waals surface area contributed by atoms with Crippen LogP contribution in [0.4, 0.5) is 0 Å². The third-order valence-electron chi connectivity index (χ3n) is 2.90. The fraction of sp³-hybridized carbons (Fsp3) is 0.200. The van der Waals surface area contributed by atoms with Gasteiger partial charge in [0.25, 0.3) is 5.91 Å². The van der Waals surface area contributed by atoms with Crippen molar-refractivity contribution < 1.29 is 14.7 Å². The molecule has 0 aliphatic carbocycles. The average molecular weight is 324 g/mol. The van der Waals surface area contributed by atoms with Crippen molar-refractivity contribution in [2.24, 2.45) is 0 Å². The van der Waals surface area contributed by atoms with Gasteiger partial charge < -0.3 is 10.4 Å². The summed E-state index contributed by atoms with van der Waals surface area (Å²) in [5.74, 6) is -1.26. The molecule has 1 atom stereocenters. The highest BCUT2D eigenvalue weighted by Gasteiger charge is 2.19. The van der Waals surface area contributed by atoms with Gasteiger partial charge in [-0.2, -0.15) is 0 Å². The Hall–Kier alpha value is -1.85. The Labute approximate surface area is 131 Å². The van der Waals surface area contributed by atoms with E-state index in [0.29, 0.717) is 15.5 Å². The van der Waals surface area contributed by atoms with E-state index in [4.69, 9.17) is 16.7 Å². The zero-order valence-electron chi connectivity index (χ0n) is 11.3. The fourth-order valence-electron chi connectivity index (χ4n) is 1.94. The molecule has 2 N–H and O–H groups in total. The Morgan fingerprint density at radius 2 is 2.10 bits per heavy atom. The normalized spacial score (nSPS) is 11.9. The van der Waals surface area contributed by atoms with Gasteiger partial charge in [0.1, 0.15) is 0 Å². The number of carboxylic acid groups (broad SMARTS) is 1. The number of carbonyl (C=O) groups excluding carboxylic acids is 1. The summed E-state index contributed by atoms with van der Waals surface area (Å²) in [5.41, 5.74) is 0.673. The van der Waals surface area contributed by atoms with Crippen LogP contribution in [0.25, 0.3) is 0 Å². The van der Waals surface area contributed by atoms with Crippen molar-refractivity contribution >= 4 is 34.8 Å². The van der Waals surface area contributed by atoms with Gasteiger partial charge >= 0.3 is 5.97 Å². The molecule has 0 spiro atoms. The molecule has 6 heteroatoms. The zero-order valence-corrected chi connectivity index (χ0v) is 12.9. The van der Waals surface area contributed by atoms with Gasteiger partial charge in [-0.3, -0.25) is 9.59 Å². The first kappa shape index (κ1) is 15.5. The number of carbonyl (C=O) groups is 2. The minimum atomic E-state index is -0.984. The number of hydrogen-bond donors (Lipinski definition) is 2. The highest BCUT2D eigenvalue weighted by molar-refractivity contribution is 7.13. The molecule has 1 heterocycles. The van der Waals surface area contributed by atoms with E-state index in [1.807, 2.05) is 13.0 Å². The van der Waals surface area contributed by atoms with Gasteiger partial charge in [-0.15, -0.1) is 11.3 Å². The molecule has 1 aromatic heterocycles. The van der Waals surface area contributed by atoms with Crippen LogP contribution in [-0.4, -0.2) is 17.0 Å². The third kappa shape index (κ3) is 4.31. The summed E-state index contributed by atoms with van der Waals surface area (Å²) in [6.45, 7) is 1.91. The van der Waals surface area contributed by atoms with Crippen LogP contribution in [0.1, 0.15) is 32.6 Å². The van der Waals surface area contributed by atoms with Crippen molar-refractivity contribution in [3.05, 3.63) is 56.7 Å². The molecule has 2 aromatic rings. The van der Waals surface area contributed by atoms with E-state index in [1.54, 1.807) is 30.3 Å². The summed E-state index contributed by atoms with van der Waals surface area (Å²) in [6, 6.07) is 9.81. The molecule has 4 nitrogen and oxygen atoms in total. The Morgan fingerprint density at radius 1 is 1.33 bits per heavy atom. The molecule has 1 aromatic carbocycles. The number of nitrogens with one attached hydrogen (secondary N) is 1. The average Bonchev–Trinajstić information content (AvgIpc) is 2.84. The Kier molecular flexibility index (Phi) is 4.98. The zero-order chi connectivity index (χ0) is 15.4. The second kappa shape index (κ2) is 6.74. The van der Waals surface area contributed by atoms with E-state index in [9.17, 15) is 9.59 Å². The number of rotatable bonds is 5. The predicted molar refractivity (Wildman–Crippen MR) is 83.0 cm³/mol. The van der Waals surface area contributed by atoms with Crippen LogP contribution in [0.5, 0.6) is 0 Å². The van der Waals surface area contributed by atoms with Gasteiger partial charge in [-0.25, -0.2) is 0 Å². The number of halogens is 1. The Balaban J connectivity index is 2.20. The first-order chi connectivity index (χ1) is 9.95. The molecule has 0 saturated heterocycles. The van der Waals surface area contributed by atoms with E-state index in [1.165, 1.54) is 11.3 Å². The first-order valence-corrected chi connectivity index (χ1v) is 7.49. The van der Waals surface area contributed by atoms with Crippen LogP contribution in [0.15, 0.2) is 36.4 Å². The lowest BCUT2D eigenvalue weighted by Gasteiger charge is -2.17. The monoisotopic (exact) mass is 323 g/mol. The van der Waals surface area contributed by atoms with E-state index < -0.39 is 12.0 Å². The molecule has 2 rings (SSSR count). The lowest BCUT2D eigenvalue weighted by Crippen LogP contribution is -2.29. The third-order valence-corrected chi connectivity index (χ3v) is 4.13. The lowest BCUT2D eigenvalue weighted by atomic mass is 10.0. The fourth-order valence-corrected chi connectivity index (χ4v) is 2.91. The van der Waals surface area contributed by atoms with E-state index in [-0.39, 0.29) is 12.3 Å². The topological polar surface area (TPSA) is 66.4 Å². The van der Waals surface area contributed by atoms with Gasteiger partial charge in [0.05, 0.1) is 17.3 Å². The quantitative estimate of drug-likeness (QED) is 0.882. The van der Waals surface area contributed by atoms with Crippen LogP contribution in [0.2, 0.25) is 5.02 Å². The van der Waals surface area contributed by atoms with Crippen molar-refractivity contribution in [2.45, 2.75) is 19.4 Å². The van der Waals surface area contributed by atoms with Crippen LogP contribution in [0, 0.1) is 6.92 Å². The highest BCUT2D eigenvalue weighted by atomic mass is 35.5. The summed E-state index contributed by atoms with van der Waals surface area (Å²) >= 11 is 7.29. The predicted octanol–water partition coefficient (Wildman–Crippen LogP) is 3.66. The number of benzene rings is 1. The van der Waals surface area contributed by atoms with Gasteiger partial charge in [0, 0.05) is 9.90 Å². The summed E-state index contributed by atoms with van der Waals surface area (Å²) in [6.07, 6.45) is -0.198. The molecule has 0 bridgehead atoms. The Morgan fingerprint density at radius 3 is 2.67 bits per heavy atom. The van der Waals surface area contributed by atoms with Gasteiger partial charge in [-0.05, 0) is 36.8 Å². The summed E-state index contributed by atoms with van der Waals surface area (Å²) < 4.78 is 0. The molecule has 21 heavy (non-hydrogen) atoms. The van der Waals surface area contributed by atoms with Crippen LogP contribution in [-0.2, 0) is 4.79 Å². The smallest absolute Gasteiger partial charge is 0.305 e. The van der Waals surface area contributed by atoms with E-state index in [0.717, 1.165) is 4.88 Å². The van der Waals surface area contributed by atoms with Crippen LogP contribution < -0.4 is 5.32 Å². The minimum absolute atomic E-state index is 0.198. The van der Waals surface area contributed by atoms with Crippen LogP contribution in [0.3, 0.4) is 0 Å². The molecular formula is C15H14ClNO3S. The molecule has 0 radical (unpaired) electrons. The van der Waals surface area contributed by atoms with Gasteiger partial charge in [0.15, 0.2) is 0 Å². The summed E-state index contributed by atoms with van der Waals surface area (Å²) in [4.78, 5) is 24.8. The minimum Gasteiger partial charge on any atom is -0.481 e. The summed E-state index contributed by atoms with van der Waals surface area (Å²) in [5, 5.41) is 12.3. The second-order valence-corrected chi connectivity index (χ2v) is 6.31. The van der Waals surface area contributed by atoms with E-state index >= 15 is 0 Å². The standard InChI is InChI=1S/C15H14ClNO3S/c1-9-5-6-13(21-9)15(20)17-12(8-14(18)19)10-3-2-4-11(16)7-10/h2-7,12H,8H2,1H3,(H,17,20)(H,18,19). The number of amides is 1. The molecule has 110 valence electrons. The maximum Gasteiger partial charge on any atom is 0.305 e. The molecule has 0 aliphatic heterocycles. The highest BCUT2D eigenvalue weighted by Crippen LogP contribution is 2.22. The second-order valence-electron chi connectivity index (χ2n) is 4.59. The maximum absolute atomic E-state index is 12.2. The van der Waals surface area contributed by atoms with Gasteiger partial charge in [-0.1, -0.05) is 23.7 Å². The number of aliphatic carboxylic acids is 1. The van der Waals surface area contributed by atoms with Crippen molar-refractivity contribution in [1.82, 2.24) is 5.32 Å². The number of carboxylic acids is 1. The van der Waals surface area contributed by atoms with Crippen molar-refractivity contribution in [2.75, 3.05) is 0 Å². The van der Waals surface area contributed by atoms with Crippen molar-refractivity contribution in [3.63, 3.8) is 0 Å². The molecular weight excluding hydrogens is 310 g/mol. The van der Waals surface area contributed by atoms with Gasteiger partial charge in [0.2, 0.25) is 0 Å². The SMILES string of the molecule is Cc1ccc(C(=O)NC(CC(=O)O)c2cccc(Cl)c2)s1. The maximum atomic E-state index is 12.2. The molecule has 1 unspecified atom stereocenters. The van der Waals surface area contributed by atoms with Crippen molar-refractivity contribution in [3.8, 4) is 0 Å². The molecule has 0 fully saturated rings. The lowest BCUT2D eigenvalue weighted by molar-refractivity contribution is -0.137. The van der Waals surface area contributed by atoms with E-state index in [2.05, 4.69) is 5.32 Å². The molecule has 0 saturated carbocycles.